The third kappa shape index (κ3) is 5.21. The number of ether oxygens (including phenoxy) is 1. The lowest BCUT2D eigenvalue weighted by molar-refractivity contribution is -0.136. The molecule has 1 aromatic heterocycles. The number of benzene rings is 2. The van der Waals surface area contributed by atoms with Gasteiger partial charge in [0.05, 0.1) is 16.8 Å². The van der Waals surface area contributed by atoms with Crippen LogP contribution in [0.5, 0.6) is 0 Å². The number of nitrogens with zero attached hydrogens (tertiary/aromatic N) is 3. The van der Waals surface area contributed by atoms with Gasteiger partial charge in [0, 0.05) is 43.1 Å². The zero-order valence-corrected chi connectivity index (χ0v) is 18.1. The highest BCUT2D eigenvalue weighted by Gasteiger charge is 2.23. The van der Waals surface area contributed by atoms with Gasteiger partial charge in [-0.15, -0.1) is 0 Å². The van der Waals surface area contributed by atoms with Crippen LogP contribution in [0.4, 0.5) is 0 Å². The second kappa shape index (κ2) is 9.45. The minimum Gasteiger partial charge on any atom is -0.452 e. The minimum atomic E-state index is -0.553. The summed E-state index contributed by atoms with van der Waals surface area (Å²) in [5.41, 5.74) is 2.91. The number of aromatic nitrogens is 1. The Kier molecular flexibility index (Phi) is 6.49. The Hall–Kier alpha value is -2.96. The fourth-order valence-corrected chi connectivity index (χ4v) is 3.92. The maximum Gasteiger partial charge on any atom is 0.340 e. The third-order valence-electron chi connectivity index (χ3n) is 5.49. The van der Waals surface area contributed by atoms with Gasteiger partial charge in [-0.1, -0.05) is 41.9 Å². The summed E-state index contributed by atoms with van der Waals surface area (Å²) >= 11 is 6.04. The molecule has 0 spiro atoms. The summed E-state index contributed by atoms with van der Waals surface area (Å²) in [6.07, 6.45) is 0. The number of halogens is 1. The molecule has 2 heterocycles. The summed E-state index contributed by atoms with van der Waals surface area (Å²) in [6, 6.07) is 17.3. The van der Waals surface area contributed by atoms with Crippen molar-refractivity contribution in [3.8, 4) is 0 Å². The molecule has 1 amide bonds. The van der Waals surface area contributed by atoms with E-state index in [1.807, 2.05) is 18.2 Å². The molecule has 1 fully saturated rings. The number of hydrogen-bond acceptors (Lipinski definition) is 5. The standard InChI is InChI=1S/C24H24ClN3O3/c1-17-21(14-19-13-20(25)7-8-22(19)26-17)24(30)31-16-23(29)28-11-9-27(10-12-28)15-18-5-3-2-4-6-18/h2-8,13-14H,9-12,15-16H2,1H3. The zero-order chi connectivity index (χ0) is 21.8. The molecular weight excluding hydrogens is 414 g/mol. The van der Waals surface area contributed by atoms with E-state index in [1.54, 1.807) is 36.1 Å². The number of piperazine rings is 1. The number of carbonyl (C=O) groups is 2. The van der Waals surface area contributed by atoms with Crippen molar-refractivity contribution in [3.05, 3.63) is 76.4 Å². The molecule has 0 atom stereocenters. The Balaban J connectivity index is 1.30. The Morgan fingerprint density at radius 1 is 1.03 bits per heavy atom. The van der Waals surface area contributed by atoms with Gasteiger partial charge >= 0.3 is 5.97 Å². The normalized spacial score (nSPS) is 14.6. The molecule has 31 heavy (non-hydrogen) atoms. The monoisotopic (exact) mass is 437 g/mol. The molecule has 0 aliphatic carbocycles. The second-order valence-electron chi connectivity index (χ2n) is 7.68. The van der Waals surface area contributed by atoms with E-state index in [9.17, 15) is 9.59 Å². The van der Waals surface area contributed by atoms with Gasteiger partial charge in [-0.05, 0) is 36.8 Å². The highest BCUT2D eigenvalue weighted by Crippen LogP contribution is 2.21. The van der Waals surface area contributed by atoms with Crippen LogP contribution in [0, 0.1) is 6.92 Å². The van der Waals surface area contributed by atoms with Crippen LogP contribution >= 0.6 is 11.6 Å². The van der Waals surface area contributed by atoms with Crippen molar-refractivity contribution < 1.29 is 14.3 Å². The first-order chi connectivity index (χ1) is 15.0. The number of rotatable bonds is 5. The summed E-state index contributed by atoms with van der Waals surface area (Å²) in [5, 5.41) is 1.32. The molecule has 0 radical (unpaired) electrons. The molecule has 160 valence electrons. The third-order valence-corrected chi connectivity index (χ3v) is 5.72. The molecule has 7 heteroatoms. The van der Waals surface area contributed by atoms with Gasteiger partial charge in [0.2, 0.25) is 0 Å². The Morgan fingerprint density at radius 3 is 2.52 bits per heavy atom. The lowest BCUT2D eigenvalue weighted by Gasteiger charge is -2.34. The average Bonchev–Trinajstić information content (AvgIpc) is 2.78. The fraction of sp³-hybridized carbons (Fsp3) is 0.292. The molecule has 6 nitrogen and oxygen atoms in total. The van der Waals surface area contributed by atoms with E-state index >= 15 is 0 Å². The predicted octanol–water partition coefficient (Wildman–Crippen LogP) is 3.70. The molecule has 2 aromatic carbocycles. The molecule has 1 saturated heterocycles. The Labute approximate surface area is 186 Å². The van der Waals surface area contributed by atoms with Crippen molar-refractivity contribution in [2.75, 3.05) is 32.8 Å². The summed E-state index contributed by atoms with van der Waals surface area (Å²) in [5.74, 6) is -0.731. The molecule has 4 rings (SSSR count). The predicted molar refractivity (Wildman–Crippen MR) is 120 cm³/mol. The zero-order valence-electron chi connectivity index (χ0n) is 17.4. The molecule has 0 saturated carbocycles. The van der Waals surface area contributed by atoms with Gasteiger partial charge in [-0.2, -0.15) is 0 Å². The smallest absolute Gasteiger partial charge is 0.340 e. The van der Waals surface area contributed by atoms with Crippen LogP contribution < -0.4 is 0 Å². The van der Waals surface area contributed by atoms with Gasteiger partial charge in [-0.3, -0.25) is 14.7 Å². The van der Waals surface area contributed by atoms with E-state index in [0.29, 0.717) is 29.4 Å². The number of pyridine rings is 1. The van der Waals surface area contributed by atoms with E-state index in [0.717, 1.165) is 30.5 Å². The molecule has 1 aliphatic heterocycles. The van der Waals surface area contributed by atoms with Crippen molar-refractivity contribution in [2.45, 2.75) is 13.5 Å². The lowest BCUT2D eigenvalue weighted by Crippen LogP contribution is -2.49. The first-order valence-electron chi connectivity index (χ1n) is 10.3. The van der Waals surface area contributed by atoms with E-state index in [4.69, 9.17) is 16.3 Å². The van der Waals surface area contributed by atoms with Gasteiger partial charge in [-0.25, -0.2) is 4.79 Å². The summed E-state index contributed by atoms with van der Waals surface area (Å²) < 4.78 is 5.31. The van der Waals surface area contributed by atoms with Crippen LogP contribution in [-0.4, -0.2) is 59.4 Å². The van der Waals surface area contributed by atoms with Gasteiger partial charge in [0.15, 0.2) is 6.61 Å². The number of carbonyl (C=O) groups excluding carboxylic acids is 2. The van der Waals surface area contributed by atoms with Crippen molar-refractivity contribution in [2.24, 2.45) is 0 Å². The molecular formula is C24H24ClN3O3. The Morgan fingerprint density at radius 2 is 1.77 bits per heavy atom. The highest BCUT2D eigenvalue weighted by molar-refractivity contribution is 6.31. The molecule has 3 aromatic rings. The minimum absolute atomic E-state index is 0.179. The first kappa shape index (κ1) is 21.3. The first-order valence-corrected chi connectivity index (χ1v) is 10.7. The van der Waals surface area contributed by atoms with E-state index in [2.05, 4.69) is 22.0 Å². The maximum atomic E-state index is 12.6. The second-order valence-corrected chi connectivity index (χ2v) is 8.11. The quantitative estimate of drug-likeness (QED) is 0.569. The van der Waals surface area contributed by atoms with Gasteiger partial charge < -0.3 is 9.64 Å². The van der Waals surface area contributed by atoms with Crippen molar-refractivity contribution in [1.29, 1.82) is 0 Å². The van der Waals surface area contributed by atoms with Crippen LogP contribution in [0.25, 0.3) is 10.9 Å². The number of aryl methyl sites for hydroxylation is 1. The van der Waals surface area contributed by atoms with Crippen molar-refractivity contribution >= 4 is 34.4 Å². The van der Waals surface area contributed by atoms with E-state index in [1.165, 1.54) is 5.56 Å². The van der Waals surface area contributed by atoms with E-state index < -0.39 is 5.97 Å². The van der Waals surface area contributed by atoms with Gasteiger partial charge in [0.1, 0.15) is 0 Å². The Bertz CT molecular complexity index is 1100. The topological polar surface area (TPSA) is 62.7 Å². The van der Waals surface area contributed by atoms with Gasteiger partial charge in [0.25, 0.3) is 5.91 Å². The largest absolute Gasteiger partial charge is 0.452 e. The highest BCUT2D eigenvalue weighted by atomic mass is 35.5. The summed E-state index contributed by atoms with van der Waals surface area (Å²) in [7, 11) is 0. The molecule has 1 aliphatic rings. The number of fused-ring (bicyclic) bond motifs is 1. The SMILES string of the molecule is Cc1nc2ccc(Cl)cc2cc1C(=O)OCC(=O)N1CCN(Cc2ccccc2)CC1. The van der Waals surface area contributed by atoms with E-state index in [-0.39, 0.29) is 12.5 Å². The van der Waals surface area contributed by atoms with Crippen LogP contribution in [-0.2, 0) is 16.1 Å². The number of amides is 1. The summed E-state index contributed by atoms with van der Waals surface area (Å²) in [6.45, 7) is 5.18. The van der Waals surface area contributed by atoms with Crippen molar-refractivity contribution in [3.63, 3.8) is 0 Å². The van der Waals surface area contributed by atoms with Crippen LogP contribution in [0.15, 0.2) is 54.6 Å². The maximum absolute atomic E-state index is 12.6. The fourth-order valence-electron chi connectivity index (χ4n) is 3.74. The molecule has 0 unspecified atom stereocenters. The van der Waals surface area contributed by atoms with Crippen LogP contribution in [0.3, 0.4) is 0 Å². The lowest BCUT2D eigenvalue weighted by atomic mass is 10.1. The average molecular weight is 438 g/mol. The molecule has 0 bridgehead atoms. The van der Waals surface area contributed by atoms with Crippen LogP contribution in [0.1, 0.15) is 21.6 Å². The van der Waals surface area contributed by atoms with Crippen molar-refractivity contribution in [1.82, 2.24) is 14.8 Å². The molecule has 0 N–H and O–H groups in total. The summed E-state index contributed by atoms with van der Waals surface area (Å²) in [4.78, 5) is 33.6. The van der Waals surface area contributed by atoms with Crippen LogP contribution in [0.2, 0.25) is 5.02 Å². The number of hydrogen-bond donors (Lipinski definition) is 0. The number of esters is 1.